The summed E-state index contributed by atoms with van der Waals surface area (Å²) in [6, 6.07) is 0.147. The van der Waals surface area contributed by atoms with Gasteiger partial charge in [-0.3, -0.25) is 0 Å². The van der Waals surface area contributed by atoms with Crippen LogP contribution in [-0.4, -0.2) is 40.1 Å². The number of hydrogen-bond acceptors (Lipinski definition) is 3. The van der Waals surface area contributed by atoms with Crippen molar-refractivity contribution in [2.24, 2.45) is 5.92 Å². The minimum atomic E-state index is -3.41. The van der Waals surface area contributed by atoms with Crippen molar-refractivity contribution in [1.82, 2.24) is 20.1 Å². The van der Waals surface area contributed by atoms with Crippen LogP contribution in [0.15, 0.2) is 0 Å². The zero-order chi connectivity index (χ0) is 14.3. The smallest absolute Gasteiger partial charge is 0.315 e. The number of urea groups is 1. The lowest BCUT2D eigenvalue weighted by Gasteiger charge is -2.14. The lowest BCUT2D eigenvalue weighted by atomic mass is 10.2. The minimum absolute atomic E-state index is 0.0307. The molecule has 0 aromatic heterocycles. The molecule has 112 valence electrons. The molecule has 0 heterocycles. The fourth-order valence-electron chi connectivity index (χ4n) is 1.34. The van der Waals surface area contributed by atoms with E-state index in [1.165, 1.54) is 0 Å². The van der Waals surface area contributed by atoms with Crippen LogP contribution in [0.25, 0.3) is 0 Å². The summed E-state index contributed by atoms with van der Waals surface area (Å²) >= 11 is 0. The van der Waals surface area contributed by atoms with Crippen LogP contribution in [0.2, 0.25) is 0 Å². The van der Waals surface area contributed by atoms with Gasteiger partial charge in [-0.25, -0.2) is 14.2 Å². The summed E-state index contributed by atoms with van der Waals surface area (Å²) in [6.45, 7) is 4.93. The predicted octanol–water partition coefficient (Wildman–Crippen LogP) is -0.0819. The van der Waals surface area contributed by atoms with E-state index in [4.69, 9.17) is 0 Å². The zero-order valence-corrected chi connectivity index (χ0v) is 12.3. The monoisotopic (exact) mass is 292 g/mol. The van der Waals surface area contributed by atoms with E-state index in [2.05, 4.69) is 20.1 Å². The molecule has 19 heavy (non-hydrogen) atoms. The fraction of sp³-hybridized carbons (Fsp3) is 0.909. The number of hydrogen-bond donors (Lipinski definition) is 4. The molecule has 0 bridgehead atoms. The van der Waals surface area contributed by atoms with Gasteiger partial charge in [0.25, 0.3) is 10.2 Å². The minimum Gasteiger partial charge on any atom is -0.338 e. The first-order valence-electron chi connectivity index (χ1n) is 6.71. The maximum atomic E-state index is 11.5. The first-order valence-corrected chi connectivity index (χ1v) is 8.20. The third-order valence-corrected chi connectivity index (χ3v) is 3.82. The van der Waals surface area contributed by atoms with Crippen molar-refractivity contribution in [2.75, 3.05) is 19.6 Å². The molecule has 0 unspecified atom stereocenters. The van der Waals surface area contributed by atoms with Crippen molar-refractivity contribution in [3.8, 4) is 0 Å². The molecule has 0 aliphatic heterocycles. The van der Waals surface area contributed by atoms with Crippen molar-refractivity contribution in [3.05, 3.63) is 0 Å². The van der Waals surface area contributed by atoms with Crippen LogP contribution in [0.4, 0.5) is 4.79 Å². The van der Waals surface area contributed by atoms with Gasteiger partial charge >= 0.3 is 6.03 Å². The molecule has 1 atom stereocenters. The standard InChI is InChI=1S/C11H24N4O3S/c1-3-6-13-19(17,18)14-8-9(2)7-12-11(16)15-10-4-5-10/h9-10,13-14H,3-8H2,1-2H3,(H2,12,15,16)/t9-/m1/s1. The fourth-order valence-corrected chi connectivity index (χ4v) is 2.42. The first-order chi connectivity index (χ1) is 8.93. The molecule has 8 heteroatoms. The highest BCUT2D eigenvalue weighted by Gasteiger charge is 2.23. The van der Waals surface area contributed by atoms with Crippen LogP contribution in [0, 0.1) is 5.92 Å². The maximum absolute atomic E-state index is 11.5. The largest absolute Gasteiger partial charge is 0.338 e. The van der Waals surface area contributed by atoms with Crippen LogP contribution < -0.4 is 20.1 Å². The lowest BCUT2D eigenvalue weighted by Crippen LogP contribution is -2.43. The van der Waals surface area contributed by atoms with E-state index in [9.17, 15) is 13.2 Å². The highest BCUT2D eigenvalue weighted by Crippen LogP contribution is 2.18. The van der Waals surface area contributed by atoms with Crippen LogP contribution in [0.1, 0.15) is 33.1 Å². The van der Waals surface area contributed by atoms with Crippen molar-refractivity contribution < 1.29 is 13.2 Å². The van der Waals surface area contributed by atoms with Gasteiger partial charge in [-0.2, -0.15) is 8.42 Å². The zero-order valence-electron chi connectivity index (χ0n) is 11.5. The molecule has 2 amide bonds. The molecule has 0 spiro atoms. The first kappa shape index (κ1) is 16.2. The second-order valence-corrected chi connectivity index (χ2v) is 6.56. The number of nitrogens with one attached hydrogen (secondary N) is 4. The second-order valence-electron chi connectivity index (χ2n) is 4.98. The van der Waals surface area contributed by atoms with Gasteiger partial charge in [0.15, 0.2) is 0 Å². The molecule has 1 aliphatic rings. The highest BCUT2D eigenvalue weighted by molar-refractivity contribution is 7.87. The molecule has 4 N–H and O–H groups in total. The van der Waals surface area contributed by atoms with Gasteiger partial charge in [-0.15, -0.1) is 0 Å². The lowest BCUT2D eigenvalue weighted by molar-refractivity contribution is 0.239. The average Bonchev–Trinajstić information content (AvgIpc) is 3.15. The molecule has 1 rings (SSSR count). The highest BCUT2D eigenvalue weighted by atomic mass is 32.2. The maximum Gasteiger partial charge on any atom is 0.315 e. The number of rotatable bonds is 9. The molecule has 7 nitrogen and oxygen atoms in total. The number of carbonyl (C=O) groups is 1. The van der Waals surface area contributed by atoms with Gasteiger partial charge in [-0.1, -0.05) is 13.8 Å². The topological polar surface area (TPSA) is 99.3 Å². The van der Waals surface area contributed by atoms with E-state index in [1.807, 2.05) is 13.8 Å². The molecule has 0 aromatic carbocycles. The molecule has 1 fully saturated rings. The van der Waals surface area contributed by atoms with Crippen LogP contribution in [0.5, 0.6) is 0 Å². The Morgan fingerprint density at radius 2 is 1.95 bits per heavy atom. The van der Waals surface area contributed by atoms with Gasteiger partial charge in [0.2, 0.25) is 0 Å². The normalized spacial score (nSPS) is 16.9. The second kappa shape index (κ2) is 7.66. The van der Waals surface area contributed by atoms with Crippen molar-refractivity contribution in [3.63, 3.8) is 0 Å². The Morgan fingerprint density at radius 3 is 2.53 bits per heavy atom. The van der Waals surface area contributed by atoms with Gasteiger partial charge < -0.3 is 10.6 Å². The Balaban J connectivity index is 2.12. The third kappa shape index (κ3) is 8.02. The van der Waals surface area contributed by atoms with E-state index in [0.717, 1.165) is 19.3 Å². The summed E-state index contributed by atoms with van der Waals surface area (Å²) < 4.78 is 27.8. The Kier molecular flexibility index (Phi) is 6.53. The molecule has 0 radical (unpaired) electrons. The summed E-state index contributed by atoms with van der Waals surface area (Å²) in [4.78, 5) is 11.4. The van der Waals surface area contributed by atoms with E-state index >= 15 is 0 Å². The molecule has 0 saturated heterocycles. The van der Waals surface area contributed by atoms with E-state index in [0.29, 0.717) is 25.7 Å². The molecule has 0 aromatic rings. The molecule has 1 aliphatic carbocycles. The quantitative estimate of drug-likeness (QED) is 0.478. The molecule has 1 saturated carbocycles. The Morgan fingerprint density at radius 1 is 1.26 bits per heavy atom. The summed E-state index contributed by atoms with van der Waals surface area (Å²) in [5, 5.41) is 5.54. The van der Waals surface area contributed by atoms with Gasteiger partial charge in [0.05, 0.1) is 0 Å². The van der Waals surface area contributed by atoms with Gasteiger partial charge in [0.1, 0.15) is 0 Å². The SMILES string of the molecule is CCCNS(=O)(=O)NC[C@H](C)CNC(=O)NC1CC1. The summed E-state index contributed by atoms with van der Waals surface area (Å²) in [5.74, 6) is 0.0307. The predicted molar refractivity (Wildman–Crippen MR) is 73.9 cm³/mol. The Bertz CT molecular complexity index is 381. The summed E-state index contributed by atoms with van der Waals surface area (Å²) in [7, 11) is -3.41. The Labute approximate surface area is 115 Å². The summed E-state index contributed by atoms with van der Waals surface area (Å²) in [6.07, 6.45) is 2.84. The average molecular weight is 292 g/mol. The van der Waals surface area contributed by atoms with Crippen molar-refractivity contribution in [1.29, 1.82) is 0 Å². The van der Waals surface area contributed by atoms with Crippen molar-refractivity contribution >= 4 is 16.2 Å². The van der Waals surface area contributed by atoms with Crippen LogP contribution in [-0.2, 0) is 10.2 Å². The third-order valence-electron chi connectivity index (χ3n) is 2.69. The molecular weight excluding hydrogens is 268 g/mol. The van der Waals surface area contributed by atoms with Crippen LogP contribution in [0.3, 0.4) is 0 Å². The molecular formula is C11H24N4O3S. The number of carbonyl (C=O) groups excluding carboxylic acids is 1. The van der Waals surface area contributed by atoms with Gasteiger partial charge in [0, 0.05) is 25.7 Å². The number of amides is 2. The Hall–Kier alpha value is -0.860. The van der Waals surface area contributed by atoms with E-state index in [-0.39, 0.29) is 11.9 Å². The van der Waals surface area contributed by atoms with Crippen molar-refractivity contribution in [2.45, 2.75) is 39.2 Å². The van der Waals surface area contributed by atoms with Crippen LogP contribution >= 0.6 is 0 Å². The van der Waals surface area contributed by atoms with Gasteiger partial charge in [-0.05, 0) is 25.2 Å². The summed E-state index contributed by atoms with van der Waals surface area (Å²) in [5.41, 5.74) is 0. The van der Waals surface area contributed by atoms with E-state index < -0.39 is 10.2 Å². The van der Waals surface area contributed by atoms with E-state index in [1.54, 1.807) is 0 Å².